The number of H-pyrrole nitrogens is 1. The van der Waals surface area contributed by atoms with Crippen molar-refractivity contribution in [3.63, 3.8) is 0 Å². The first-order valence-corrected chi connectivity index (χ1v) is 7.44. The highest BCUT2D eigenvalue weighted by Crippen LogP contribution is 2.36. The van der Waals surface area contributed by atoms with Crippen LogP contribution in [0.15, 0.2) is 12.1 Å². The lowest BCUT2D eigenvalue weighted by molar-refractivity contribution is 0.0585. The molecule has 1 aliphatic rings. The smallest absolute Gasteiger partial charge is 0.356 e. The zero-order valence-corrected chi connectivity index (χ0v) is 14.2. The second-order valence-corrected chi connectivity index (χ2v) is 5.44. The van der Waals surface area contributed by atoms with Crippen LogP contribution >= 0.6 is 0 Å². The van der Waals surface area contributed by atoms with E-state index in [0.29, 0.717) is 11.1 Å². The Morgan fingerprint density at radius 1 is 1.04 bits per heavy atom. The van der Waals surface area contributed by atoms with Gasteiger partial charge in [-0.25, -0.2) is 14.6 Å². The van der Waals surface area contributed by atoms with E-state index in [1.807, 2.05) is 0 Å². The number of ether oxygens (including phenoxy) is 3. The summed E-state index contributed by atoms with van der Waals surface area (Å²) in [5.74, 6) is -3.16. The third-order valence-corrected chi connectivity index (χ3v) is 3.93. The van der Waals surface area contributed by atoms with Gasteiger partial charge in [0, 0.05) is 12.7 Å². The average molecular weight is 358 g/mol. The predicted octanol–water partition coefficient (Wildman–Crippen LogP) is 1.18. The second-order valence-electron chi connectivity index (χ2n) is 5.44. The van der Waals surface area contributed by atoms with Crippen molar-refractivity contribution in [3.8, 4) is 11.3 Å². The lowest BCUT2D eigenvalue weighted by Gasteiger charge is -2.18. The Bertz CT molecular complexity index is 958. The molecule has 0 aromatic carbocycles. The Morgan fingerprint density at radius 2 is 1.73 bits per heavy atom. The van der Waals surface area contributed by atoms with E-state index in [9.17, 15) is 19.2 Å². The largest absolute Gasteiger partial charge is 0.464 e. The van der Waals surface area contributed by atoms with Gasteiger partial charge in [-0.05, 0) is 17.7 Å². The fraction of sp³-hybridized carbons (Fsp3) is 0.235. The van der Waals surface area contributed by atoms with Crippen LogP contribution in [0.2, 0.25) is 0 Å². The van der Waals surface area contributed by atoms with Crippen molar-refractivity contribution in [1.82, 2.24) is 9.97 Å². The van der Waals surface area contributed by atoms with Crippen LogP contribution < -0.4 is 0 Å². The van der Waals surface area contributed by atoms with E-state index in [1.165, 1.54) is 33.5 Å². The fourth-order valence-electron chi connectivity index (χ4n) is 2.80. The molecule has 9 nitrogen and oxygen atoms in total. The van der Waals surface area contributed by atoms with Crippen LogP contribution in [0.1, 0.15) is 47.4 Å². The number of fused-ring (bicyclic) bond motifs is 3. The van der Waals surface area contributed by atoms with Crippen LogP contribution in [0.25, 0.3) is 11.3 Å². The molecule has 9 heteroatoms. The second kappa shape index (κ2) is 6.52. The summed E-state index contributed by atoms with van der Waals surface area (Å²) in [6.07, 6.45) is 0. The van der Waals surface area contributed by atoms with Crippen LogP contribution in [-0.4, -0.2) is 54.8 Å². The Morgan fingerprint density at radius 3 is 2.35 bits per heavy atom. The molecule has 0 unspecified atom stereocenters. The summed E-state index contributed by atoms with van der Waals surface area (Å²) < 4.78 is 14.4. The minimum absolute atomic E-state index is 0.0203. The Hall–Kier alpha value is -3.33. The van der Waals surface area contributed by atoms with Gasteiger partial charge in [0.25, 0.3) is 5.78 Å². The molecule has 2 aromatic rings. The van der Waals surface area contributed by atoms with Gasteiger partial charge >= 0.3 is 11.9 Å². The Kier molecular flexibility index (Phi) is 4.39. The van der Waals surface area contributed by atoms with Gasteiger partial charge in [0.15, 0.2) is 0 Å². The Balaban J connectivity index is 2.31. The van der Waals surface area contributed by atoms with Crippen molar-refractivity contribution >= 4 is 23.5 Å². The molecule has 3 rings (SSSR count). The van der Waals surface area contributed by atoms with Gasteiger partial charge in [-0.1, -0.05) is 0 Å². The summed E-state index contributed by atoms with van der Waals surface area (Å²) in [7, 11) is 3.82. The number of hydrogen-bond acceptors (Lipinski definition) is 8. The predicted molar refractivity (Wildman–Crippen MR) is 86.1 cm³/mol. The molecular weight excluding hydrogens is 344 g/mol. The molecular formula is C17H14N2O7. The number of carbonyl (C=O) groups is 4. The lowest BCUT2D eigenvalue weighted by atomic mass is 9.88. The van der Waals surface area contributed by atoms with Gasteiger partial charge in [0.2, 0.25) is 5.78 Å². The number of ketones is 2. The van der Waals surface area contributed by atoms with E-state index in [-0.39, 0.29) is 34.9 Å². The first-order valence-electron chi connectivity index (χ1n) is 7.44. The third-order valence-electron chi connectivity index (χ3n) is 3.93. The van der Waals surface area contributed by atoms with Gasteiger partial charge < -0.3 is 19.2 Å². The van der Waals surface area contributed by atoms with Crippen molar-refractivity contribution in [2.24, 2.45) is 0 Å². The summed E-state index contributed by atoms with van der Waals surface area (Å²) in [5, 5.41) is 0. The topological polar surface area (TPSA) is 125 Å². The maximum Gasteiger partial charge on any atom is 0.356 e. The monoisotopic (exact) mass is 358 g/mol. The van der Waals surface area contributed by atoms with Crippen LogP contribution in [0.3, 0.4) is 0 Å². The summed E-state index contributed by atoms with van der Waals surface area (Å²) in [4.78, 5) is 55.3. The van der Waals surface area contributed by atoms with Gasteiger partial charge in [-0.2, -0.15) is 0 Å². The van der Waals surface area contributed by atoms with E-state index >= 15 is 0 Å². The van der Waals surface area contributed by atoms with Gasteiger partial charge in [0.1, 0.15) is 17.1 Å². The first-order chi connectivity index (χ1) is 12.4. The van der Waals surface area contributed by atoms with E-state index in [2.05, 4.69) is 19.4 Å². The number of esters is 2. The summed E-state index contributed by atoms with van der Waals surface area (Å²) >= 11 is 0. The molecule has 2 heterocycles. The molecule has 0 atom stereocenters. The number of rotatable bonds is 4. The molecule has 134 valence electrons. The normalized spacial score (nSPS) is 12.4. The van der Waals surface area contributed by atoms with Crippen molar-refractivity contribution in [2.75, 3.05) is 21.3 Å². The highest BCUT2D eigenvalue weighted by atomic mass is 16.5. The van der Waals surface area contributed by atoms with E-state index in [4.69, 9.17) is 4.74 Å². The highest BCUT2D eigenvalue weighted by molar-refractivity contribution is 6.52. The molecule has 0 spiro atoms. The maximum absolute atomic E-state index is 12.5. The first kappa shape index (κ1) is 17.5. The minimum Gasteiger partial charge on any atom is -0.464 e. The number of pyridine rings is 1. The molecule has 0 saturated heterocycles. The van der Waals surface area contributed by atoms with Crippen molar-refractivity contribution in [2.45, 2.75) is 6.61 Å². The molecule has 0 saturated carbocycles. The molecule has 0 bridgehead atoms. The SMILES string of the molecule is COCc1cc(C(=O)OC)nc2c1-c1[nH]c(C(=O)OC)cc1C(=O)C2=O. The highest BCUT2D eigenvalue weighted by Gasteiger charge is 2.37. The molecule has 0 radical (unpaired) electrons. The standard InChI is InChI=1S/C17H14N2O7/c1-24-6-7-4-9(16(22)25-2)19-13-11(7)12-8(14(20)15(13)21)5-10(18-12)17(23)26-3/h4-5,18H,6H2,1-3H3. The number of Topliss-reactive ketones (excluding diaryl/α,β-unsaturated/α-hetero) is 2. The molecule has 1 N–H and O–H groups in total. The van der Waals surface area contributed by atoms with Crippen LogP contribution in [-0.2, 0) is 20.8 Å². The molecule has 1 aliphatic carbocycles. The molecule has 0 aliphatic heterocycles. The van der Waals surface area contributed by atoms with Crippen LogP contribution in [0, 0.1) is 0 Å². The number of nitrogens with one attached hydrogen (secondary N) is 1. The van der Waals surface area contributed by atoms with Crippen molar-refractivity contribution in [3.05, 3.63) is 40.3 Å². The molecule has 0 fully saturated rings. The molecule has 26 heavy (non-hydrogen) atoms. The average Bonchev–Trinajstić information content (AvgIpc) is 3.09. The van der Waals surface area contributed by atoms with Crippen LogP contribution in [0.5, 0.6) is 0 Å². The maximum atomic E-state index is 12.5. The minimum atomic E-state index is -0.883. The number of aromatic amines is 1. The fourth-order valence-corrected chi connectivity index (χ4v) is 2.80. The van der Waals surface area contributed by atoms with E-state index < -0.39 is 23.5 Å². The van der Waals surface area contributed by atoms with Gasteiger partial charge in [-0.3, -0.25) is 9.59 Å². The van der Waals surface area contributed by atoms with Gasteiger partial charge in [-0.15, -0.1) is 0 Å². The number of aromatic nitrogens is 2. The zero-order valence-electron chi connectivity index (χ0n) is 14.2. The summed E-state index contributed by atoms with van der Waals surface area (Å²) in [6, 6.07) is 2.68. The Labute approximate surface area is 147 Å². The zero-order chi connectivity index (χ0) is 19.0. The van der Waals surface area contributed by atoms with Crippen LogP contribution in [0.4, 0.5) is 0 Å². The van der Waals surface area contributed by atoms with Crippen molar-refractivity contribution < 1.29 is 33.4 Å². The summed E-state index contributed by atoms with van der Waals surface area (Å²) in [5.41, 5.74) is 0.728. The third kappa shape index (κ3) is 2.58. The molecule has 0 amide bonds. The van der Waals surface area contributed by atoms with E-state index in [0.717, 1.165) is 0 Å². The number of methoxy groups -OCH3 is 3. The van der Waals surface area contributed by atoms with Gasteiger partial charge in [0.05, 0.1) is 32.1 Å². The number of nitrogens with zero attached hydrogens (tertiary/aromatic N) is 1. The number of hydrogen-bond donors (Lipinski definition) is 1. The van der Waals surface area contributed by atoms with Crippen molar-refractivity contribution in [1.29, 1.82) is 0 Å². The number of carbonyl (C=O) groups excluding carboxylic acids is 4. The van der Waals surface area contributed by atoms with E-state index in [1.54, 1.807) is 0 Å². The summed E-state index contributed by atoms with van der Waals surface area (Å²) in [6.45, 7) is 0.0440. The quantitative estimate of drug-likeness (QED) is 0.638. The molecule has 2 aromatic heterocycles. The lowest BCUT2D eigenvalue weighted by Crippen LogP contribution is -2.24.